The number of alkyl halides is 3. The van der Waals surface area contributed by atoms with Gasteiger partial charge in [0.1, 0.15) is 10.8 Å². The number of nitrogens with zero attached hydrogens (tertiary/aromatic N) is 2. The molecule has 0 aliphatic heterocycles. The minimum atomic E-state index is -4.60. The molecule has 0 radical (unpaired) electrons. The van der Waals surface area contributed by atoms with E-state index in [0.717, 1.165) is 22.2 Å². The zero-order valence-corrected chi connectivity index (χ0v) is 12.3. The Morgan fingerprint density at radius 2 is 1.71 bits per heavy atom. The molecule has 112 valence electrons. The molecule has 0 atom stereocenters. The Hall–Kier alpha value is -1.76. The summed E-state index contributed by atoms with van der Waals surface area (Å²) in [6, 6.07) is 8.93. The molecule has 3 nitrogen and oxygen atoms in total. The van der Waals surface area contributed by atoms with Gasteiger partial charge in [-0.2, -0.15) is 13.2 Å². The van der Waals surface area contributed by atoms with Gasteiger partial charge in [0, 0.05) is 11.0 Å². The van der Waals surface area contributed by atoms with Gasteiger partial charge < -0.3 is 5.73 Å². The topological polar surface area (TPSA) is 51.8 Å². The van der Waals surface area contributed by atoms with Crippen LogP contribution in [0.1, 0.15) is 31.2 Å². The van der Waals surface area contributed by atoms with Crippen molar-refractivity contribution in [3.8, 4) is 0 Å². The molecule has 0 spiro atoms. The van der Waals surface area contributed by atoms with Crippen LogP contribution in [-0.4, -0.2) is 9.97 Å². The summed E-state index contributed by atoms with van der Waals surface area (Å²) in [5.74, 6) is -1.02. The van der Waals surface area contributed by atoms with Crippen molar-refractivity contribution in [3.05, 3.63) is 41.7 Å². The summed E-state index contributed by atoms with van der Waals surface area (Å²) in [5.41, 5.74) is 6.57. The summed E-state index contributed by atoms with van der Waals surface area (Å²) < 4.78 is 37.9. The molecule has 0 aliphatic carbocycles. The van der Waals surface area contributed by atoms with Crippen LogP contribution in [0.15, 0.2) is 40.3 Å². The van der Waals surface area contributed by atoms with Gasteiger partial charge >= 0.3 is 6.18 Å². The van der Waals surface area contributed by atoms with Crippen molar-refractivity contribution in [3.63, 3.8) is 0 Å². The van der Waals surface area contributed by atoms with Gasteiger partial charge in [-0.3, -0.25) is 0 Å². The zero-order valence-electron chi connectivity index (χ0n) is 11.5. The van der Waals surface area contributed by atoms with Crippen molar-refractivity contribution in [2.45, 2.75) is 35.9 Å². The van der Waals surface area contributed by atoms with Crippen LogP contribution in [0, 0.1) is 0 Å². The van der Waals surface area contributed by atoms with E-state index in [9.17, 15) is 13.2 Å². The molecular weight excluding hydrogens is 299 g/mol. The van der Waals surface area contributed by atoms with Crippen molar-refractivity contribution in [2.24, 2.45) is 0 Å². The molecule has 0 bridgehead atoms. The summed E-state index contributed by atoms with van der Waals surface area (Å²) in [5, 5.41) is 0.173. The number of halogens is 3. The minimum Gasteiger partial charge on any atom is -0.384 e. The van der Waals surface area contributed by atoms with E-state index in [1.807, 2.05) is 24.3 Å². The summed E-state index contributed by atoms with van der Waals surface area (Å²) in [4.78, 5) is 7.51. The summed E-state index contributed by atoms with van der Waals surface area (Å²) in [7, 11) is 0. The number of anilines is 1. The predicted molar refractivity (Wildman–Crippen MR) is 76.1 cm³/mol. The predicted octanol–water partition coefficient (Wildman–Crippen LogP) is 4.35. The number of hydrogen-bond donors (Lipinski definition) is 1. The third-order valence-corrected chi connectivity index (χ3v) is 3.67. The van der Waals surface area contributed by atoms with Crippen molar-refractivity contribution in [2.75, 3.05) is 5.73 Å². The molecule has 21 heavy (non-hydrogen) atoms. The van der Waals surface area contributed by atoms with Crippen molar-refractivity contribution in [1.82, 2.24) is 9.97 Å². The highest BCUT2D eigenvalue weighted by atomic mass is 32.2. The van der Waals surface area contributed by atoms with Crippen LogP contribution in [0.3, 0.4) is 0 Å². The molecule has 2 rings (SSSR count). The lowest BCUT2D eigenvalue weighted by Crippen LogP contribution is -2.12. The molecule has 0 saturated heterocycles. The lowest BCUT2D eigenvalue weighted by atomic mass is 10.0. The Labute approximate surface area is 124 Å². The Kier molecular flexibility index (Phi) is 4.41. The van der Waals surface area contributed by atoms with Crippen LogP contribution in [-0.2, 0) is 6.18 Å². The average molecular weight is 313 g/mol. The molecule has 7 heteroatoms. The quantitative estimate of drug-likeness (QED) is 0.856. The molecule has 0 amide bonds. The molecule has 0 aliphatic rings. The second kappa shape index (κ2) is 5.93. The van der Waals surface area contributed by atoms with Gasteiger partial charge in [0.2, 0.25) is 5.82 Å². The van der Waals surface area contributed by atoms with Gasteiger partial charge in [0.15, 0.2) is 0 Å². The van der Waals surface area contributed by atoms with Crippen LogP contribution < -0.4 is 5.73 Å². The highest BCUT2D eigenvalue weighted by Gasteiger charge is 2.35. The highest BCUT2D eigenvalue weighted by molar-refractivity contribution is 7.99. The molecule has 1 heterocycles. The van der Waals surface area contributed by atoms with E-state index in [1.165, 1.54) is 6.07 Å². The minimum absolute atomic E-state index is 0.173. The van der Waals surface area contributed by atoms with Crippen LogP contribution >= 0.6 is 11.8 Å². The van der Waals surface area contributed by atoms with Crippen LogP contribution in [0.2, 0.25) is 0 Å². The van der Waals surface area contributed by atoms with Crippen molar-refractivity contribution in [1.29, 1.82) is 0 Å². The molecule has 0 fully saturated rings. The molecule has 0 saturated carbocycles. The number of nitrogen functional groups attached to an aromatic ring is 1. The molecule has 1 aromatic carbocycles. The second-order valence-electron chi connectivity index (χ2n) is 4.78. The maximum Gasteiger partial charge on any atom is 0.451 e. The lowest BCUT2D eigenvalue weighted by Gasteiger charge is -2.09. The molecule has 1 aromatic heterocycles. The van der Waals surface area contributed by atoms with E-state index in [4.69, 9.17) is 5.73 Å². The Morgan fingerprint density at radius 3 is 2.24 bits per heavy atom. The normalized spacial score (nSPS) is 11.9. The maximum atomic E-state index is 12.6. The second-order valence-corrected chi connectivity index (χ2v) is 5.87. The first kappa shape index (κ1) is 15.6. The van der Waals surface area contributed by atoms with Gasteiger partial charge in [0.25, 0.3) is 0 Å². The first-order chi connectivity index (χ1) is 9.75. The molecular formula is C14H14F3N3S. The van der Waals surface area contributed by atoms with E-state index in [-0.39, 0.29) is 10.8 Å². The number of hydrogen-bond acceptors (Lipinski definition) is 4. The third kappa shape index (κ3) is 4.10. The SMILES string of the molecule is CC(C)c1ccc(Sc2cc(N)nc(C(F)(F)F)n2)cc1. The Morgan fingerprint density at radius 1 is 1.10 bits per heavy atom. The first-order valence-electron chi connectivity index (χ1n) is 6.25. The van der Waals surface area contributed by atoms with Gasteiger partial charge in [0.05, 0.1) is 0 Å². The smallest absolute Gasteiger partial charge is 0.384 e. The van der Waals surface area contributed by atoms with Crippen molar-refractivity contribution >= 4 is 17.6 Å². The third-order valence-electron chi connectivity index (χ3n) is 2.75. The standard InChI is InChI=1S/C14H14F3N3S/c1-8(2)9-3-5-10(6-4-9)21-12-7-11(18)19-13(20-12)14(15,16)17/h3-8H,1-2H3,(H2,18,19,20). The van der Waals surface area contributed by atoms with Crippen LogP contribution in [0.5, 0.6) is 0 Å². The van der Waals surface area contributed by atoms with Gasteiger partial charge in [-0.05, 0) is 23.6 Å². The summed E-state index contributed by atoms with van der Waals surface area (Å²) in [6.07, 6.45) is -4.60. The fourth-order valence-electron chi connectivity index (χ4n) is 1.66. The molecule has 2 aromatic rings. The summed E-state index contributed by atoms with van der Waals surface area (Å²) >= 11 is 1.12. The number of nitrogens with two attached hydrogens (primary N) is 1. The number of benzene rings is 1. The molecule has 2 N–H and O–H groups in total. The number of aromatic nitrogens is 2. The summed E-state index contributed by atoms with van der Waals surface area (Å²) in [6.45, 7) is 4.14. The van der Waals surface area contributed by atoms with E-state index < -0.39 is 12.0 Å². The Balaban J connectivity index is 2.25. The van der Waals surface area contributed by atoms with Crippen molar-refractivity contribution < 1.29 is 13.2 Å². The fourth-order valence-corrected chi connectivity index (χ4v) is 2.49. The van der Waals surface area contributed by atoms with E-state index in [2.05, 4.69) is 23.8 Å². The van der Waals surface area contributed by atoms with Gasteiger partial charge in [-0.25, -0.2) is 9.97 Å². The van der Waals surface area contributed by atoms with Crippen LogP contribution in [0.4, 0.5) is 19.0 Å². The van der Waals surface area contributed by atoms with Crippen LogP contribution in [0.25, 0.3) is 0 Å². The van der Waals surface area contributed by atoms with E-state index in [1.54, 1.807) is 0 Å². The van der Waals surface area contributed by atoms with Gasteiger partial charge in [-0.1, -0.05) is 37.7 Å². The lowest BCUT2D eigenvalue weighted by molar-refractivity contribution is -0.145. The van der Waals surface area contributed by atoms with E-state index in [0.29, 0.717) is 5.92 Å². The van der Waals surface area contributed by atoms with E-state index >= 15 is 0 Å². The first-order valence-corrected chi connectivity index (χ1v) is 7.07. The average Bonchev–Trinajstić information content (AvgIpc) is 2.37. The highest BCUT2D eigenvalue weighted by Crippen LogP contribution is 2.32. The fraction of sp³-hybridized carbons (Fsp3) is 0.286. The zero-order chi connectivity index (χ0) is 15.6. The monoisotopic (exact) mass is 313 g/mol. The largest absolute Gasteiger partial charge is 0.451 e. The Bertz CT molecular complexity index is 624. The molecule has 0 unspecified atom stereocenters. The number of rotatable bonds is 3. The van der Waals surface area contributed by atoms with Gasteiger partial charge in [-0.15, -0.1) is 0 Å². The maximum absolute atomic E-state index is 12.6.